The lowest BCUT2D eigenvalue weighted by Gasteiger charge is -2.27. The predicted molar refractivity (Wildman–Crippen MR) is 81.4 cm³/mol. The molecule has 0 aromatic heterocycles. The second kappa shape index (κ2) is 6.29. The topological polar surface area (TPSA) is 55.1 Å². The van der Waals surface area contributed by atoms with Crippen molar-refractivity contribution in [3.63, 3.8) is 0 Å². The van der Waals surface area contributed by atoms with Gasteiger partial charge in [-0.15, -0.1) is 12.4 Å². The van der Waals surface area contributed by atoms with E-state index in [9.17, 15) is 4.79 Å². The number of amides is 1. The van der Waals surface area contributed by atoms with Crippen molar-refractivity contribution in [1.82, 2.24) is 5.32 Å². The molecule has 0 saturated heterocycles. The van der Waals surface area contributed by atoms with E-state index in [4.69, 9.17) is 5.73 Å². The Labute approximate surface area is 121 Å². The van der Waals surface area contributed by atoms with E-state index in [0.717, 1.165) is 17.7 Å². The van der Waals surface area contributed by atoms with Crippen LogP contribution in [0.1, 0.15) is 38.7 Å². The van der Waals surface area contributed by atoms with Crippen molar-refractivity contribution in [2.75, 3.05) is 5.73 Å². The van der Waals surface area contributed by atoms with Gasteiger partial charge in [-0.1, -0.05) is 32.4 Å². The Morgan fingerprint density at radius 2 is 2.00 bits per heavy atom. The summed E-state index contributed by atoms with van der Waals surface area (Å²) < 4.78 is 0. The number of carbonyl (C=O) groups is 1. The number of rotatable bonds is 3. The monoisotopic (exact) mass is 282 g/mol. The summed E-state index contributed by atoms with van der Waals surface area (Å²) in [6.07, 6.45) is 3.94. The van der Waals surface area contributed by atoms with Crippen molar-refractivity contribution in [2.24, 2.45) is 5.41 Å². The summed E-state index contributed by atoms with van der Waals surface area (Å²) in [5.41, 5.74) is 7.60. The number of nitrogens with one attached hydrogen (secondary N) is 1. The minimum Gasteiger partial charge on any atom is -0.399 e. The molecule has 2 rings (SSSR count). The van der Waals surface area contributed by atoms with Crippen LogP contribution >= 0.6 is 12.4 Å². The number of halogens is 1. The Morgan fingerprint density at radius 1 is 1.37 bits per heavy atom. The van der Waals surface area contributed by atoms with Gasteiger partial charge in [0.2, 0.25) is 5.91 Å². The van der Waals surface area contributed by atoms with E-state index in [1.807, 2.05) is 24.3 Å². The molecule has 106 valence electrons. The quantitative estimate of drug-likeness (QED) is 0.838. The molecule has 1 aromatic rings. The summed E-state index contributed by atoms with van der Waals surface area (Å²) in [5.74, 6) is 0.111. The Bertz CT molecular complexity index is 428. The number of nitrogens with two attached hydrogens (primary N) is 1. The first-order valence-corrected chi connectivity index (χ1v) is 6.61. The van der Waals surface area contributed by atoms with Crippen molar-refractivity contribution in [3.8, 4) is 0 Å². The molecular formula is C15H23ClN2O. The Morgan fingerprint density at radius 3 is 2.53 bits per heavy atom. The van der Waals surface area contributed by atoms with Gasteiger partial charge in [-0.3, -0.25) is 4.79 Å². The zero-order chi connectivity index (χ0) is 13.2. The molecule has 1 amide bonds. The average molecular weight is 283 g/mol. The molecule has 0 heterocycles. The van der Waals surface area contributed by atoms with Crippen LogP contribution in [0.4, 0.5) is 5.69 Å². The van der Waals surface area contributed by atoms with Crippen molar-refractivity contribution >= 4 is 24.0 Å². The lowest BCUT2D eigenvalue weighted by atomic mass is 9.87. The summed E-state index contributed by atoms with van der Waals surface area (Å²) >= 11 is 0. The van der Waals surface area contributed by atoms with Gasteiger partial charge in [-0.05, 0) is 36.0 Å². The molecule has 1 unspecified atom stereocenters. The van der Waals surface area contributed by atoms with Gasteiger partial charge in [0.25, 0.3) is 0 Å². The molecule has 1 aliphatic rings. The zero-order valence-corrected chi connectivity index (χ0v) is 12.4. The Kier molecular flexibility index (Phi) is 5.24. The van der Waals surface area contributed by atoms with E-state index in [1.165, 1.54) is 12.8 Å². The van der Waals surface area contributed by atoms with Crippen LogP contribution in [0.25, 0.3) is 0 Å². The van der Waals surface area contributed by atoms with Gasteiger partial charge >= 0.3 is 0 Å². The highest BCUT2D eigenvalue weighted by Crippen LogP contribution is 2.37. The molecule has 0 bridgehead atoms. The average Bonchev–Trinajstić information content (AvgIpc) is 2.62. The van der Waals surface area contributed by atoms with Crippen LogP contribution in [0.3, 0.4) is 0 Å². The van der Waals surface area contributed by atoms with Crippen molar-refractivity contribution in [1.29, 1.82) is 0 Å². The molecule has 1 fully saturated rings. The van der Waals surface area contributed by atoms with Crippen LogP contribution in [0.5, 0.6) is 0 Å². The summed E-state index contributed by atoms with van der Waals surface area (Å²) in [6, 6.07) is 7.81. The van der Waals surface area contributed by atoms with Gasteiger partial charge in [0.15, 0.2) is 0 Å². The Hall–Kier alpha value is -1.22. The molecular weight excluding hydrogens is 260 g/mol. The van der Waals surface area contributed by atoms with Gasteiger partial charge in [0, 0.05) is 11.7 Å². The fourth-order valence-corrected chi connectivity index (χ4v) is 2.66. The number of hydrogen-bond donors (Lipinski definition) is 2. The summed E-state index contributed by atoms with van der Waals surface area (Å²) in [7, 11) is 0. The van der Waals surface area contributed by atoms with Crippen LogP contribution in [0, 0.1) is 5.41 Å². The summed E-state index contributed by atoms with van der Waals surface area (Å²) in [4.78, 5) is 12.0. The molecule has 3 N–H and O–H groups in total. The summed E-state index contributed by atoms with van der Waals surface area (Å²) in [5, 5.41) is 3.16. The third-order valence-corrected chi connectivity index (χ3v) is 3.94. The fraction of sp³-hybridized carbons (Fsp3) is 0.533. The number of hydrogen-bond acceptors (Lipinski definition) is 2. The standard InChI is InChI=1S/C15H22N2O.ClH/c1-15(2)9-3-4-13(15)17-14(18)10-11-5-7-12(16)8-6-11;/h5-8,13H,3-4,9-10,16H2,1-2H3,(H,17,18);1H. The van der Waals surface area contributed by atoms with Crippen LogP contribution in [-0.2, 0) is 11.2 Å². The second-order valence-electron chi connectivity index (χ2n) is 5.92. The van der Waals surface area contributed by atoms with Crippen LogP contribution in [0.15, 0.2) is 24.3 Å². The molecule has 3 nitrogen and oxygen atoms in total. The highest BCUT2D eigenvalue weighted by Gasteiger charge is 2.35. The maximum absolute atomic E-state index is 12.0. The smallest absolute Gasteiger partial charge is 0.224 e. The lowest BCUT2D eigenvalue weighted by molar-refractivity contribution is -0.121. The van der Waals surface area contributed by atoms with Gasteiger partial charge in [0.05, 0.1) is 6.42 Å². The zero-order valence-electron chi connectivity index (χ0n) is 11.6. The Balaban J connectivity index is 0.00000180. The highest BCUT2D eigenvalue weighted by molar-refractivity contribution is 5.85. The maximum Gasteiger partial charge on any atom is 0.224 e. The first-order chi connectivity index (χ1) is 8.47. The second-order valence-corrected chi connectivity index (χ2v) is 5.92. The third kappa shape index (κ3) is 4.13. The SMILES string of the molecule is CC1(C)CCCC1NC(=O)Cc1ccc(N)cc1.Cl. The van der Waals surface area contributed by atoms with E-state index in [1.54, 1.807) is 0 Å². The maximum atomic E-state index is 12.0. The van der Waals surface area contributed by atoms with Crippen molar-refractivity contribution in [3.05, 3.63) is 29.8 Å². The van der Waals surface area contributed by atoms with E-state index in [2.05, 4.69) is 19.2 Å². The van der Waals surface area contributed by atoms with E-state index < -0.39 is 0 Å². The normalized spacial score (nSPS) is 20.6. The number of benzene rings is 1. The molecule has 1 aliphatic carbocycles. The molecule has 1 atom stereocenters. The molecule has 0 spiro atoms. The first kappa shape index (κ1) is 15.8. The van der Waals surface area contributed by atoms with Crippen molar-refractivity contribution in [2.45, 2.75) is 45.6 Å². The van der Waals surface area contributed by atoms with Crippen LogP contribution in [-0.4, -0.2) is 11.9 Å². The molecule has 1 aromatic carbocycles. The van der Waals surface area contributed by atoms with E-state index in [0.29, 0.717) is 12.5 Å². The third-order valence-electron chi connectivity index (χ3n) is 3.94. The van der Waals surface area contributed by atoms with Crippen LogP contribution in [0.2, 0.25) is 0 Å². The van der Waals surface area contributed by atoms with Gasteiger partial charge in [-0.25, -0.2) is 0 Å². The van der Waals surface area contributed by atoms with E-state index >= 15 is 0 Å². The molecule has 0 radical (unpaired) electrons. The minimum absolute atomic E-state index is 0. The number of carbonyl (C=O) groups excluding carboxylic acids is 1. The largest absolute Gasteiger partial charge is 0.399 e. The fourth-order valence-electron chi connectivity index (χ4n) is 2.66. The number of nitrogen functional groups attached to an aromatic ring is 1. The first-order valence-electron chi connectivity index (χ1n) is 6.61. The van der Waals surface area contributed by atoms with Gasteiger partial charge in [-0.2, -0.15) is 0 Å². The minimum atomic E-state index is 0. The van der Waals surface area contributed by atoms with Gasteiger partial charge < -0.3 is 11.1 Å². The molecule has 19 heavy (non-hydrogen) atoms. The molecule has 0 aliphatic heterocycles. The van der Waals surface area contributed by atoms with Crippen LogP contribution < -0.4 is 11.1 Å². The lowest BCUT2D eigenvalue weighted by Crippen LogP contribution is -2.42. The molecule has 1 saturated carbocycles. The van der Waals surface area contributed by atoms with E-state index in [-0.39, 0.29) is 23.7 Å². The number of anilines is 1. The summed E-state index contributed by atoms with van der Waals surface area (Å²) in [6.45, 7) is 4.46. The van der Waals surface area contributed by atoms with Gasteiger partial charge in [0.1, 0.15) is 0 Å². The highest BCUT2D eigenvalue weighted by atomic mass is 35.5. The predicted octanol–water partition coefficient (Wildman–Crippen LogP) is 2.93. The molecule has 4 heteroatoms. The van der Waals surface area contributed by atoms with Crippen molar-refractivity contribution < 1.29 is 4.79 Å².